The third-order valence-electron chi connectivity index (χ3n) is 1.81. The first kappa shape index (κ1) is 8.59. The zero-order valence-electron chi connectivity index (χ0n) is 7.07. The van der Waals surface area contributed by atoms with Gasteiger partial charge in [-0.05, 0) is 36.2 Å². The van der Waals surface area contributed by atoms with E-state index in [0.717, 1.165) is 10.6 Å². The van der Waals surface area contributed by atoms with Gasteiger partial charge < -0.3 is 0 Å². The Kier molecular flexibility index (Phi) is 2.24. The van der Waals surface area contributed by atoms with Crippen LogP contribution in [0.2, 0.25) is 0 Å². The van der Waals surface area contributed by atoms with Gasteiger partial charge in [-0.2, -0.15) is 0 Å². The lowest BCUT2D eigenvalue weighted by Gasteiger charge is -1.98. The van der Waals surface area contributed by atoms with Crippen LogP contribution in [0.25, 0.3) is 10.6 Å². The molecule has 0 bridgehead atoms. The molecule has 0 amide bonds. The van der Waals surface area contributed by atoms with Crippen LogP contribution in [0.15, 0.2) is 24.3 Å². The van der Waals surface area contributed by atoms with Gasteiger partial charge in [0.2, 0.25) is 4.77 Å². The molecule has 0 aliphatic heterocycles. The van der Waals surface area contributed by atoms with Crippen molar-refractivity contribution in [2.45, 2.75) is 6.92 Å². The predicted octanol–water partition coefficient (Wildman–Crippen LogP) is 3.18. The molecule has 0 saturated heterocycles. The number of H-pyrrole nitrogens is 1. The maximum Gasteiger partial charge on any atom is 0.207 e. The number of nitrogens with one attached hydrogen (secondary N) is 1. The molecule has 1 aromatic carbocycles. The van der Waals surface area contributed by atoms with Gasteiger partial charge in [0, 0.05) is 5.56 Å². The fourth-order valence-electron chi connectivity index (χ4n) is 1.16. The fourth-order valence-corrected chi connectivity index (χ4v) is 2.14. The second kappa shape index (κ2) is 3.40. The Balaban J connectivity index is 2.58. The lowest BCUT2D eigenvalue weighted by molar-refractivity contribution is 1.28. The molecule has 13 heavy (non-hydrogen) atoms. The summed E-state index contributed by atoms with van der Waals surface area (Å²) < 4.78 is 3.50. The van der Waals surface area contributed by atoms with Gasteiger partial charge in [0.1, 0.15) is 5.01 Å². The van der Waals surface area contributed by atoms with Crippen molar-refractivity contribution in [3.63, 3.8) is 0 Å². The summed E-state index contributed by atoms with van der Waals surface area (Å²) in [5.41, 5.74) is 2.38. The summed E-state index contributed by atoms with van der Waals surface area (Å²) >= 11 is 6.40. The summed E-state index contributed by atoms with van der Waals surface area (Å²) in [6, 6.07) is 8.15. The van der Waals surface area contributed by atoms with Gasteiger partial charge in [0.15, 0.2) is 0 Å². The molecular formula is C9H8N2S2. The SMILES string of the molecule is Cc1ccccc1-c1nc(=S)[nH]s1. The molecule has 1 N–H and O–H groups in total. The van der Waals surface area contributed by atoms with Crippen LogP contribution in [-0.2, 0) is 0 Å². The van der Waals surface area contributed by atoms with E-state index in [9.17, 15) is 0 Å². The maximum atomic E-state index is 4.92. The maximum absolute atomic E-state index is 4.92. The topological polar surface area (TPSA) is 28.7 Å². The second-order valence-electron chi connectivity index (χ2n) is 2.74. The zero-order chi connectivity index (χ0) is 9.26. The monoisotopic (exact) mass is 208 g/mol. The molecule has 1 aromatic heterocycles. The highest BCUT2D eigenvalue weighted by Crippen LogP contribution is 2.23. The molecule has 0 aliphatic carbocycles. The first-order chi connectivity index (χ1) is 6.27. The number of benzene rings is 1. The summed E-state index contributed by atoms with van der Waals surface area (Å²) in [4.78, 5) is 4.22. The van der Waals surface area contributed by atoms with Crippen LogP contribution in [0.1, 0.15) is 5.56 Å². The highest BCUT2D eigenvalue weighted by molar-refractivity contribution is 7.71. The predicted molar refractivity (Wildman–Crippen MR) is 57.5 cm³/mol. The van der Waals surface area contributed by atoms with E-state index in [2.05, 4.69) is 28.4 Å². The molecule has 0 atom stereocenters. The van der Waals surface area contributed by atoms with E-state index < -0.39 is 0 Å². The molecule has 2 rings (SSSR count). The van der Waals surface area contributed by atoms with Crippen molar-refractivity contribution in [3.05, 3.63) is 34.6 Å². The van der Waals surface area contributed by atoms with Gasteiger partial charge in [-0.25, -0.2) is 4.98 Å². The number of aromatic amines is 1. The average molecular weight is 208 g/mol. The number of hydrogen-bond donors (Lipinski definition) is 1. The van der Waals surface area contributed by atoms with Crippen molar-refractivity contribution < 1.29 is 0 Å². The van der Waals surface area contributed by atoms with E-state index in [1.54, 1.807) is 0 Å². The Morgan fingerprint density at radius 3 is 2.77 bits per heavy atom. The van der Waals surface area contributed by atoms with Crippen molar-refractivity contribution in [2.75, 3.05) is 0 Å². The van der Waals surface area contributed by atoms with Gasteiger partial charge >= 0.3 is 0 Å². The van der Waals surface area contributed by atoms with Crippen LogP contribution < -0.4 is 0 Å². The lowest BCUT2D eigenvalue weighted by atomic mass is 10.1. The molecule has 4 heteroatoms. The number of nitrogens with zero attached hydrogens (tertiary/aromatic N) is 1. The Hall–Kier alpha value is -1.00. The van der Waals surface area contributed by atoms with Gasteiger partial charge in [0.05, 0.1) is 0 Å². The molecular weight excluding hydrogens is 200 g/mol. The normalized spacial score (nSPS) is 10.2. The smallest absolute Gasteiger partial charge is 0.207 e. The number of aryl methyl sites for hydroxylation is 1. The average Bonchev–Trinajstić information content (AvgIpc) is 2.53. The summed E-state index contributed by atoms with van der Waals surface area (Å²) in [7, 11) is 0. The van der Waals surface area contributed by atoms with Crippen LogP contribution in [0.4, 0.5) is 0 Å². The molecule has 0 spiro atoms. The second-order valence-corrected chi connectivity index (χ2v) is 3.92. The third-order valence-corrected chi connectivity index (χ3v) is 2.94. The molecule has 0 fully saturated rings. The van der Waals surface area contributed by atoms with Crippen LogP contribution in [0, 0.1) is 11.7 Å². The van der Waals surface area contributed by atoms with E-state index in [1.165, 1.54) is 17.1 Å². The minimum atomic E-state index is 0.559. The van der Waals surface area contributed by atoms with Gasteiger partial charge in [-0.15, -0.1) is 0 Å². The Morgan fingerprint density at radius 1 is 1.38 bits per heavy atom. The number of hydrogen-bond acceptors (Lipinski definition) is 3. The number of rotatable bonds is 1. The molecule has 0 radical (unpaired) electrons. The standard InChI is InChI=1S/C9H8N2S2/c1-6-4-2-3-5-7(6)8-10-9(12)11-13-8/h2-5H,1H3,(H,11,12). The molecule has 2 nitrogen and oxygen atoms in total. The lowest BCUT2D eigenvalue weighted by Crippen LogP contribution is -1.80. The quantitative estimate of drug-likeness (QED) is 0.729. The molecule has 0 saturated carbocycles. The molecule has 2 aromatic rings. The molecule has 0 aliphatic rings. The Bertz CT molecular complexity index is 470. The molecule has 1 heterocycles. The first-order valence-electron chi connectivity index (χ1n) is 3.89. The number of aromatic nitrogens is 2. The summed E-state index contributed by atoms with van der Waals surface area (Å²) in [6.45, 7) is 2.07. The van der Waals surface area contributed by atoms with Gasteiger partial charge in [0.25, 0.3) is 0 Å². The van der Waals surface area contributed by atoms with Gasteiger partial charge in [-0.3, -0.25) is 4.37 Å². The first-order valence-corrected chi connectivity index (χ1v) is 5.11. The molecule has 0 unspecified atom stereocenters. The van der Waals surface area contributed by atoms with E-state index in [4.69, 9.17) is 12.2 Å². The van der Waals surface area contributed by atoms with Gasteiger partial charge in [-0.1, -0.05) is 24.3 Å². The summed E-state index contributed by atoms with van der Waals surface area (Å²) in [5.74, 6) is 0. The Morgan fingerprint density at radius 2 is 2.15 bits per heavy atom. The highest BCUT2D eigenvalue weighted by Gasteiger charge is 2.03. The minimum Gasteiger partial charge on any atom is -0.284 e. The van der Waals surface area contributed by atoms with Crippen LogP contribution in [-0.4, -0.2) is 9.36 Å². The third kappa shape index (κ3) is 1.68. The van der Waals surface area contributed by atoms with Crippen molar-refractivity contribution in [2.24, 2.45) is 0 Å². The van der Waals surface area contributed by atoms with E-state index in [1.807, 2.05) is 12.1 Å². The summed E-state index contributed by atoms with van der Waals surface area (Å²) in [6.07, 6.45) is 0. The van der Waals surface area contributed by atoms with Crippen molar-refractivity contribution in [3.8, 4) is 10.6 Å². The largest absolute Gasteiger partial charge is 0.284 e. The van der Waals surface area contributed by atoms with Crippen molar-refractivity contribution in [1.82, 2.24) is 9.36 Å². The van der Waals surface area contributed by atoms with Crippen molar-refractivity contribution >= 4 is 23.8 Å². The summed E-state index contributed by atoms with van der Waals surface area (Å²) in [5, 5.41) is 0.961. The van der Waals surface area contributed by atoms with E-state index >= 15 is 0 Å². The highest BCUT2D eigenvalue weighted by atomic mass is 32.1. The fraction of sp³-hybridized carbons (Fsp3) is 0.111. The molecule has 66 valence electrons. The van der Waals surface area contributed by atoms with Crippen LogP contribution in [0.3, 0.4) is 0 Å². The van der Waals surface area contributed by atoms with E-state index in [0.29, 0.717) is 4.77 Å². The Labute approximate surface area is 85.4 Å². The van der Waals surface area contributed by atoms with Crippen LogP contribution in [0.5, 0.6) is 0 Å². The van der Waals surface area contributed by atoms with Crippen LogP contribution >= 0.6 is 23.8 Å². The van der Waals surface area contributed by atoms with E-state index in [-0.39, 0.29) is 0 Å². The minimum absolute atomic E-state index is 0.559. The zero-order valence-corrected chi connectivity index (χ0v) is 8.71. The van der Waals surface area contributed by atoms with Crippen molar-refractivity contribution in [1.29, 1.82) is 0 Å².